The quantitative estimate of drug-likeness (QED) is 0.259. The first-order valence-electron chi connectivity index (χ1n) is 8.58. The van der Waals surface area contributed by atoms with Crippen LogP contribution in [0.2, 0.25) is 0 Å². The van der Waals surface area contributed by atoms with Gasteiger partial charge in [-0.1, -0.05) is 11.6 Å². The minimum Gasteiger partial charge on any atom is -0.466 e. The molecule has 0 aliphatic heterocycles. The van der Waals surface area contributed by atoms with Gasteiger partial charge in [-0.2, -0.15) is 0 Å². The molecule has 0 saturated heterocycles. The highest BCUT2D eigenvalue weighted by Gasteiger charge is 2.26. The second-order valence-corrected chi connectivity index (χ2v) is 6.23. The van der Waals surface area contributed by atoms with E-state index in [0.29, 0.717) is 5.76 Å². The molecule has 0 fully saturated rings. The molecule has 0 bridgehead atoms. The lowest BCUT2D eigenvalue weighted by Crippen LogP contribution is -2.39. The van der Waals surface area contributed by atoms with Gasteiger partial charge in [0, 0.05) is 13.1 Å². The summed E-state index contributed by atoms with van der Waals surface area (Å²) in [4.78, 5) is 4.49. The number of aliphatic hydroxyl groups is 1. The highest BCUT2D eigenvalue weighted by Crippen LogP contribution is 2.21. The van der Waals surface area contributed by atoms with Crippen LogP contribution in [0.5, 0.6) is 0 Å². The Morgan fingerprint density at radius 2 is 2.21 bits per heavy atom. The number of rotatable bonds is 7. The maximum Gasteiger partial charge on any atom is 0.191 e. The van der Waals surface area contributed by atoms with Crippen LogP contribution in [-0.4, -0.2) is 30.7 Å². The fraction of sp³-hybridized carbons (Fsp3) is 0.611. The van der Waals surface area contributed by atoms with Crippen LogP contribution in [0.1, 0.15) is 51.7 Å². The first kappa shape index (κ1) is 21.0. The largest absolute Gasteiger partial charge is 0.466 e. The molecule has 2 rings (SSSR count). The lowest BCUT2D eigenvalue weighted by Gasteiger charge is -2.20. The van der Waals surface area contributed by atoms with E-state index in [0.717, 1.165) is 25.5 Å². The van der Waals surface area contributed by atoms with Gasteiger partial charge in [0.25, 0.3) is 0 Å². The number of nitrogens with one attached hydrogen (secondary N) is 2. The number of aliphatic imine (C=N–C) groups is 1. The van der Waals surface area contributed by atoms with E-state index >= 15 is 0 Å². The molecule has 0 spiro atoms. The SMILES string of the molecule is CCNC(=NCC(C)(O)c1ccco1)NCCC1=CCCCC1.I. The van der Waals surface area contributed by atoms with Gasteiger partial charge < -0.3 is 20.2 Å². The summed E-state index contributed by atoms with van der Waals surface area (Å²) in [7, 11) is 0. The smallest absolute Gasteiger partial charge is 0.191 e. The van der Waals surface area contributed by atoms with Crippen LogP contribution in [0.3, 0.4) is 0 Å². The summed E-state index contributed by atoms with van der Waals surface area (Å²) in [5, 5.41) is 17.0. The zero-order valence-electron chi connectivity index (χ0n) is 14.7. The molecule has 1 unspecified atom stereocenters. The predicted molar refractivity (Wildman–Crippen MR) is 109 cm³/mol. The molecule has 0 saturated carbocycles. The van der Waals surface area contributed by atoms with Crippen molar-refractivity contribution in [1.82, 2.24) is 10.6 Å². The average Bonchev–Trinajstić information content (AvgIpc) is 3.09. The highest BCUT2D eigenvalue weighted by molar-refractivity contribution is 14.0. The standard InChI is InChI=1S/C18H29N3O2.HI/c1-3-19-17(20-12-11-15-8-5-4-6-9-15)21-14-18(2,22)16-10-7-13-23-16;/h7-8,10,13,22H,3-6,9,11-12,14H2,1-2H3,(H2,19,20,21);1H. The summed E-state index contributed by atoms with van der Waals surface area (Å²) >= 11 is 0. The minimum absolute atomic E-state index is 0. The van der Waals surface area contributed by atoms with Crippen LogP contribution in [0, 0.1) is 0 Å². The summed E-state index contributed by atoms with van der Waals surface area (Å²) in [6.45, 7) is 5.65. The fourth-order valence-electron chi connectivity index (χ4n) is 2.71. The number of furan rings is 1. The Balaban J connectivity index is 0.00000288. The number of nitrogens with zero attached hydrogens (tertiary/aromatic N) is 1. The van der Waals surface area contributed by atoms with Gasteiger partial charge in [0.2, 0.25) is 0 Å². The van der Waals surface area contributed by atoms with Crippen molar-refractivity contribution in [2.45, 2.75) is 51.6 Å². The first-order chi connectivity index (χ1) is 11.1. The third-order valence-corrected chi connectivity index (χ3v) is 4.06. The molecular weight excluding hydrogens is 417 g/mol. The van der Waals surface area contributed by atoms with Crippen LogP contribution < -0.4 is 10.6 Å². The zero-order chi connectivity index (χ0) is 16.5. The summed E-state index contributed by atoms with van der Waals surface area (Å²) < 4.78 is 5.28. The van der Waals surface area contributed by atoms with Crippen LogP contribution >= 0.6 is 24.0 Å². The Bertz CT molecular complexity index is 524. The van der Waals surface area contributed by atoms with Crippen LogP contribution in [0.4, 0.5) is 0 Å². The molecule has 6 heteroatoms. The predicted octanol–water partition coefficient (Wildman–Crippen LogP) is 3.55. The van der Waals surface area contributed by atoms with E-state index in [9.17, 15) is 5.11 Å². The van der Waals surface area contributed by atoms with E-state index in [4.69, 9.17) is 4.42 Å². The van der Waals surface area contributed by atoms with E-state index in [1.54, 1.807) is 30.9 Å². The summed E-state index contributed by atoms with van der Waals surface area (Å²) in [6, 6.07) is 3.54. The van der Waals surface area contributed by atoms with Crippen LogP contribution in [0.15, 0.2) is 39.5 Å². The molecular formula is C18H30IN3O2. The van der Waals surface area contributed by atoms with Crippen molar-refractivity contribution >= 4 is 29.9 Å². The number of hydrogen-bond donors (Lipinski definition) is 3. The van der Waals surface area contributed by atoms with Gasteiger partial charge in [-0.05, 0) is 58.1 Å². The van der Waals surface area contributed by atoms with Gasteiger partial charge in [-0.3, -0.25) is 0 Å². The van der Waals surface area contributed by atoms with Gasteiger partial charge >= 0.3 is 0 Å². The molecule has 1 aromatic heterocycles. The Labute approximate surface area is 162 Å². The molecule has 136 valence electrons. The molecule has 5 nitrogen and oxygen atoms in total. The zero-order valence-corrected chi connectivity index (χ0v) is 17.0. The summed E-state index contributed by atoms with van der Waals surface area (Å²) in [5.74, 6) is 1.26. The maximum absolute atomic E-state index is 10.5. The van der Waals surface area contributed by atoms with E-state index in [1.165, 1.54) is 25.7 Å². The van der Waals surface area contributed by atoms with E-state index < -0.39 is 5.60 Å². The van der Waals surface area contributed by atoms with Crippen molar-refractivity contribution in [3.05, 3.63) is 35.8 Å². The lowest BCUT2D eigenvalue weighted by molar-refractivity contribution is 0.0437. The molecule has 24 heavy (non-hydrogen) atoms. The van der Waals surface area contributed by atoms with Crippen molar-refractivity contribution < 1.29 is 9.52 Å². The van der Waals surface area contributed by atoms with Gasteiger partial charge in [0.1, 0.15) is 11.4 Å². The molecule has 0 aromatic carbocycles. The Morgan fingerprint density at radius 3 is 2.83 bits per heavy atom. The molecule has 1 heterocycles. The van der Waals surface area contributed by atoms with Crippen molar-refractivity contribution in [1.29, 1.82) is 0 Å². The van der Waals surface area contributed by atoms with Gasteiger partial charge in [-0.15, -0.1) is 24.0 Å². The lowest BCUT2D eigenvalue weighted by atomic mass is 9.97. The van der Waals surface area contributed by atoms with Crippen LogP contribution in [-0.2, 0) is 5.60 Å². The molecule has 1 aliphatic rings. The maximum atomic E-state index is 10.5. The second kappa shape index (κ2) is 10.8. The molecule has 3 N–H and O–H groups in total. The molecule has 0 amide bonds. The van der Waals surface area contributed by atoms with Crippen molar-refractivity contribution in [2.24, 2.45) is 4.99 Å². The Morgan fingerprint density at radius 1 is 1.38 bits per heavy atom. The summed E-state index contributed by atoms with van der Waals surface area (Å²) in [6.07, 6.45) is 10.1. The number of halogens is 1. The fourth-order valence-corrected chi connectivity index (χ4v) is 2.71. The first-order valence-corrected chi connectivity index (χ1v) is 8.58. The topological polar surface area (TPSA) is 69.8 Å². The van der Waals surface area contributed by atoms with E-state index in [1.807, 2.05) is 6.92 Å². The molecule has 1 aliphatic carbocycles. The van der Waals surface area contributed by atoms with Crippen molar-refractivity contribution in [2.75, 3.05) is 19.6 Å². The van der Waals surface area contributed by atoms with Gasteiger partial charge in [-0.25, -0.2) is 4.99 Å². The minimum atomic E-state index is -1.10. The molecule has 0 radical (unpaired) electrons. The Hall–Kier alpha value is -1.02. The highest BCUT2D eigenvalue weighted by atomic mass is 127. The molecule has 1 aromatic rings. The molecule has 1 atom stereocenters. The van der Waals surface area contributed by atoms with Crippen LogP contribution in [0.25, 0.3) is 0 Å². The van der Waals surface area contributed by atoms with Gasteiger partial charge in [0.15, 0.2) is 5.96 Å². The number of hydrogen-bond acceptors (Lipinski definition) is 3. The Kier molecular flexibility index (Phi) is 9.43. The summed E-state index contributed by atoms with van der Waals surface area (Å²) in [5.41, 5.74) is 0.444. The average molecular weight is 447 g/mol. The van der Waals surface area contributed by atoms with Crippen molar-refractivity contribution in [3.8, 4) is 0 Å². The van der Waals surface area contributed by atoms with E-state index in [-0.39, 0.29) is 30.5 Å². The third kappa shape index (κ3) is 6.84. The second-order valence-electron chi connectivity index (χ2n) is 6.23. The monoisotopic (exact) mass is 447 g/mol. The van der Waals surface area contributed by atoms with E-state index in [2.05, 4.69) is 21.7 Å². The van der Waals surface area contributed by atoms with Crippen molar-refractivity contribution in [3.63, 3.8) is 0 Å². The number of guanidine groups is 1. The van der Waals surface area contributed by atoms with Gasteiger partial charge in [0.05, 0.1) is 12.8 Å². The normalized spacial score (nSPS) is 17.5. The third-order valence-electron chi connectivity index (χ3n) is 4.06. The number of allylic oxidation sites excluding steroid dienone is 1.